The smallest absolute Gasteiger partial charge is 0.255 e. The molecule has 0 saturated carbocycles. The van der Waals surface area contributed by atoms with Gasteiger partial charge < -0.3 is 14.6 Å². The first-order valence-corrected chi connectivity index (χ1v) is 8.74. The van der Waals surface area contributed by atoms with Gasteiger partial charge in [-0.05, 0) is 36.6 Å². The number of aromatic nitrogens is 1. The highest BCUT2D eigenvalue weighted by atomic mass is 16.5. The molecule has 0 radical (unpaired) electrons. The Morgan fingerprint density at radius 3 is 2.85 bits per heavy atom. The molecule has 1 atom stereocenters. The molecule has 1 unspecified atom stereocenters. The van der Waals surface area contributed by atoms with Crippen molar-refractivity contribution >= 4 is 16.8 Å². The highest BCUT2D eigenvalue weighted by Gasteiger charge is 2.31. The molecule has 1 aromatic heterocycles. The lowest BCUT2D eigenvalue weighted by molar-refractivity contribution is 0.0737. The van der Waals surface area contributed by atoms with Gasteiger partial charge in [0, 0.05) is 23.5 Å². The molecular formula is C21H20N2O3. The fourth-order valence-electron chi connectivity index (χ4n) is 3.74. The standard InChI is InChI=1S/C21H20N2O3/c1-26-15-7-4-6-14(12-15)19-10-5-11-23(19)21(25)17-13-20(24)22-18-9-3-2-8-16(17)18/h2-4,6-9,12-13,19H,5,10-11H2,1H3,(H,22,24). The maximum Gasteiger partial charge on any atom is 0.255 e. The quantitative estimate of drug-likeness (QED) is 0.788. The number of nitrogens with zero attached hydrogens (tertiary/aromatic N) is 1. The third-order valence-corrected chi connectivity index (χ3v) is 4.97. The van der Waals surface area contributed by atoms with Crippen molar-refractivity contribution in [3.63, 3.8) is 0 Å². The van der Waals surface area contributed by atoms with Gasteiger partial charge in [0.05, 0.1) is 18.7 Å². The second-order valence-electron chi connectivity index (χ2n) is 6.53. The zero-order chi connectivity index (χ0) is 18.1. The molecule has 1 saturated heterocycles. The number of amides is 1. The summed E-state index contributed by atoms with van der Waals surface area (Å²) >= 11 is 0. The summed E-state index contributed by atoms with van der Waals surface area (Å²) in [7, 11) is 1.64. The van der Waals surface area contributed by atoms with Crippen molar-refractivity contribution in [3.05, 3.63) is 76.1 Å². The highest BCUT2D eigenvalue weighted by Crippen LogP contribution is 2.35. The number of hydrogen-bond acceptors (Lipinski definition) is 3. The average molecular weight is 348 g/mol. The number of rotatable bonds is 3. The van der Waals surface area contributed by atoms with E-state index < -0.39 is 0 Å². The molecule has 2 aromatic carbocycles. The van der Waals surface area contributed by atoms with E-state index in [0.29, 0.717) is 17.6 Å². The van der Waals surface area contributed by atoms with Gasteiger partial charge in [-0.3, -0.25) is 9.59 Å². The van der Waals surface area contributed by atoms with Crippen LogP contribution in [0.2, 0.25) is 0 Å². The molecule has 5 nitrogen and oxygen atoms in total. The SMILES string of the molecule is COc1cccc(C2CCCN2C(=O)c2cc(=O)[nH]c3ccccc23)c1. The van der Waals surface area contributed by atoms with Gasteiger partial charge in [0.15, 0.2) is 0 Å². The molecule has 1 N–H and O–H groups in total. The summed E-state index contributed by atoms with van der Waals surface area (Å²) in [6.45, 7) is 0.682. The number of hydrogen-bond donors (Lipinski definition) is 1. The van der Waals surface area contributed by atoms with E-state index in [1.807, 2.05) is 53.4 Å². The molecule has 132 valence electrons. The van der Waals surface area contributed by atoms with Gasteiger partial charge in [0.1, 0.15) is 5.75 Å². The fourth-order valence-corrected chi connectivity index (χ4v) is 3.74. The molecule has 5 heteroatoms. The van der Waals surface area contributed by atoms with E-state index in [1.165, 1.54) is 6.07 Å². The molecule has 2 heterocycles. The van der Waals surface area contributed by atoms with E-state index in [9.17, 15) is 9.59 Å². The normalized spacial score (nSPS) is 16.8. The number of aromatic amines is 1. The third-order valence-electron chi connectivity index (χ3n) is 4.97. The number of carbonyl (C=O) groups is 1. The summed E-state index contributed by atoms with van der Waals surface area (Å²) in [5.74, 6) is 0.682. The molecule has 1 aliphatic heterocycles. The number of para-hydroxylation sites is 1. The van der Waals surface area contributed by atoms with Crippen molar-refractivity contribution in [1.82, 2.24) is 9.88 Å². The molecule has 0 bridgehead atoms. The van der Waals surface area contributed by atoms with Crippen LogP contribution in [-0.4, -0.2) is 29.4 Å². The van der Waals surface area contributed by atoms with Crippen LogP contribution in [0.1, 0.15) is 34.8 Å². The van der Waals surface area contributed by atoms with Gasteiger partial charge in [-0.2, -0.15) is 0 Å². The van der Waals surface area contributed by atoms with Gasteiger partial charge in [-0.25, -0.2) is 0 Å². The zero-order valence-electron chi connectivity index (χ0n) is 14.6. The van der Waals surface area contributed by atoms with Crippen molar-refractivity contribution in [2.24, 2.45) is 0 Å². The second kappa shape index (κ2) is 6.67. The first-order valence-electron chi connectivity index (χ1n) is 8.74. The Kier molecular flexibility index (Phi) is 4.21. The molecule has 3 aromatic rings. The van der Waals surface area contributed by atoms with Gasteiger partial charge in [-0.1, -0.05) is 30.3 Å². The first kappa shape index (κ1) is 16.4. The van der Waals surface area contributed by atoms with Crippen LogP contribution in [0, 0.1) is 0 Å². The number of benzene rings is 2. The number of methoxy groups -OCH3 is 1. The van der Waals surface area contributed by atoms with E-state index in [4.69, 9.17) is 4.74 Å². The summed E-state index contributed by atoms with van der Waals surface area (Å²) in [5.41, 5.74) is 1.94. The van der Waals surface area contributed by atoms with Crippen molar-refractivity contribution in [2.75, 3.05) is 13.7 Å². The minimum atomic E-state index is -0.260. The molecular weight excluding hydrogens is 328 g/mol. The van der Waals surface area contributed by atoms with Gasteiger partial charge in [0.2, 0.25) is 5.56 Å². The maximum atomic E-state index is 13.3. The van der Waals surface area contributed by atoms with Crippen molar-refractivity contribution in [2.45, 2.75) is 18.9 Å². The fraction of sp³-hybridized carbons (Fsp3) is 0.238. The molecule has 4 rings (SSSR count). The Bertz CT molecular complexity index is 1020. The average Bonchev–Trinajstić information content (AvgIpc) is 3.16. The second-order valence-corrected chi connectivity index (χ2v) is 6.53. The van der Waals surface area contributed by atoms with Crippen LogP contribution >= 0.6 is 0 Å². The topological polar surface area (TPSA) is 62.4 Å². The molecule has 1 amide bonds. The summed E-state index contributed by atoms with van der Waals surface area (Å²) in [5, 5.41) is 0.772. The summed E-state index contributed by atoms with van der Waals surface area (Å²) in [4.78, 5) is 30.0. The summed E-state index contributed by atoms with van der Waals surface area (Å²) in [6.07, 6.45) is 1.84. The molecule has 0 spiro atoms. The van der Waals surface area contributed by atoms with Crippen molar-refractivity contribution < 1.29 is 9.53 Å². The number of nitrogens with one attached hydrogen (secondary N) is 1. The van der Waals surface area contributed by atoms with Crippen LogP contribution in [0.5, 0.6) is 5.75 Å². The van der Waals surface area contributed by atoms with Crippen LogP contribution in [-0.2, 0) is 0 Å². The van der Waals surface area contributed by atoms with E-state index in [-0.39, 0.29) is 17.5 Å². The molecule has 1 fully saturated rings. The van der Waals surface area contributed by atoms with Crippen molar-refractivity contribution in [1.29, 1.82) is 0 Å². The number of likely N-dealkylation sites (tertiary alicyclic amines) is 1. The number of ether oxygens (including phenoxy) is 1. The predicted molar refractivity (Wildman–Crippen MR) is 101 cm³/mol. The lowest BCUT2D eigenvalue weighted by Crippen LogP contribution is -2.31. The number of carbonyl (C=O) groups excluding carboxylic acids is 1. The van der Waals surface area contributed by atoms with Crippen LogP contribution in [0.25, 0.3) is 10.9 Å². The largest absolute Gasteiger partial charge is 0.497 e. The summed E-state index contributed by atoms with van der Waals surface area (Å²) in [6, 6.07) is 16.7. The highest BCUT2D eigenvalue weighted by molar-refractivity contribution is 6.06. The van der Waals surface area contributed by atoms with Gasteiger partial charge >= 0.3 is 0 Å². The van der Waals surface area contributed by atoms with E-state index in [0.717, 1.165) is 29.5 Å². The van der Waals surface area contributed by atoms with Gasteiger partial charge in [-0.15, -0.1) is 0 Å². The van der Waals surface area contributed by atoms with Crippen molar-refractivity contribution in [3.8, 4) is 5.75 Å². The number of fused-ring (bicyclic) bond motifs is 1. The first-order chi connectivity index (χ1) is 12.7. The van der Waals surface area contributed by atoms with Crippen LogP contribution < -0.4 is 10.3 Å². The van der Waals surface area contributed by atoms with Crippen LogP contribution in [0.15, 0.2) is 59.4 Å². The monoisotopic (exact) mass is 348 g/mol. The van der Waals surface area contributed by atoms with Crippen LogP contribution in [0.4, 0.5) is 0 Å². The molecule has 1 aliphatic rings. The number of pyridine rings is 1. The Morgan fingerprint density at radius 1 is 1.15 bits per heavy atom. The predicted octanol–water partition coefficient (Wildman–Crippen LogP) is 3.51. The Balaban J connectivity index is 1.75. The Morgan fingerprint density at radius 2 is 2.00 bits per heavy atom. The minimum Gasteiger partial charge on any atom is -0.497 e. The third kappa shape index (κ3) is 2.86. The Hall–Kier alpha value is -3.08. The zero-order valence-corrected chi connectivity index (χ0v) is 14.6. The maximum absolute atomic E-state index is 13.3. The molecule has 0 aliphatic carbocycles. The lowest BCUT2D eigenvalue weighted by atomic mass is 10.0. The summed E-state index contributed by atoms with van der Waals surface area (Å²) < 4.78 is 5.32. The Labute approximate surface area is 151 Å². The van der Waals surface area contributed by atoms with E-state index in [1.54, 1.807) is 7.11 Å². The molecule has 26 heavy (non-hydrogen) atoms. The van der Waals surface area contributed by atoms with Crippen LogP contribution in [0.3, 0.4) is 0 Å². The van der Waals surface area contributed by atoms with E-state index >= 15 is 0 Å². The number of H-pyrrole nitrogens is 1. The lowest BCUT2D eigenvalue weighted by Gasteiger charge is -2.26. The van der Waals surface area contributed by atoms with Gasteiger partial charge in [0.25, 0.3) is 5.91 Å². The van der Waals surface area contributed by atoms with E-state index in [2.05, 4.69) is 4.98 Å². The minimum absolute atomic E-state index is 0.00403.